The molecule has 0 bridgehead atoms. The van der Waals surface area contributed by atoms with Gasteiger partial charge >= 0.3 is 0 Å². The molecule has 0 atom stereocenters. The minimum Gasteiger partial charge on any atom is -0.338 e. The van der Waals surface area contributed by atoms with E-state index in [0.29, 0.717) is 0 Å². The molecular formula is C25H17N3. The van der Waals surface area contributed by atoms with E-state index < -0.39 is 0 Å². The number of aliphatic imine (C=N–C) groups is 1. The highest BCUT2D eigenvalue weighted by molar-refractivity contribution is 6.19. The Hall–Kier alpha value is -3.72. The van der Waals surface area contributed by atoms with Crippen molar-refractivity contribution in [2.75, 3.05) is 5.32 Å². The van der Waals surface area contributed by atoms with Crippen molar-refractivity contribution in [3.8, 4) is 0 Å². The van der Waals surface area contributed by atoms with Crippen LogP contribution in [0.25, 0.3) is 32.4 Å². The molecule has 0 amide bonds. The molecule has 1 N–H and O–H groups in total. The molecular weight excluding hydrogens is 342 g/mol. The molecule has 1 aromatic heterocycles. The summed E-state index contributed by atoms with van der Waals surface area (Å²) >= 11 is 0. The second kappa shape index (κ2) is 5.64. The zero-order valence-electron chi connectivity index (χ0n) is 15.4. The first-order valence-electron chi connectivity index (χ1n) is 9.44. The van der Waals surface area contributed by atoms with E-state index in [1.807, 2.05) is 0 Å². The Morgan fingerprint density at radius 1 is 0.714 bits per heavy atom. The average molecular weight is 359 g/mol. The van der Waals surface area contributed by atoms with Gasteiger partial charge in [0, 0.05) is 16.5 Å². The topological polar surface area (TPSA) is 37.3 Å². The monoisotopic (exact) mass is 359 g/mol. The van der Waals surface area contributed by atoms with Gasteiger partial charge in [0.2, 0.25) is 0 Å². The molecule has 3 heteroatoms. The largest absolute Gasteiger partial charge is 0.338 e. The molecule has 4 aromatic carbocycles. The predicted octanol–water partition coefficient (Wildman–Crippen LogP) is 6.35. The summed E-state index contributed by atoms with van der Waals surface area (Å²) in [7, 11) is 0. The first kappa shape index (κ1) is 15.3. The maximum absolute atomic E-state index is 4.99. The van der Waals surface area contributed by atoms with Crippen molar-refractivity contribution in [3.05, 3.63) is 90.1 Å². The van der Waals surface area contributed by atoms with Crippen LogP contribution in [0, 0.1) is 6.92 Å². The molecule has 0 saturated carbocycles. The normalized spacial score (nSPS) is 13.0. The van der Waals surface area contributed by atoms with Crippen molar-refractivity contribution < 1.29 is 0 Å². The molecule has 0 saturated heterocycles. The molecule has 28 heavy (non-hydrogen) atoms. The van der Waals surface area contributed by atoms with Gasteiger partial charge in [-0.05, 0) is 59.0 Å². The van der Waals surface area contributed by atoms with Crippen LogP contribution in [-0.4, -0.2) is 10.8 Å². The molecule has 0 aliphatic carbocycles. The highest BCUT2D eigenvalue weighted by atomic mass is 15.0. The first-order chi connectivity index (χ1) is 13.8. The lowest BCUT2D eigenvalue weighted by Crippen LogP contribution is -2.19. The Morgan fingerprint density at radius 2 is 1.46 bits per heavy atom. The third kappa shape index (κ3) is 2.23. The number of pyridine rings is 1. The van der Waals surface area contributed by atoms with E-state index in [-0.39, 0.29) is 0 Å². The number of nitrogens with zero attached hydrogens (tertiary/aromatic N) is 2. The van der Waals surface area contributed by atoms with E-state index in [1.165, 1.54) is 16.2 Å². The summed E-state index contributed by atoms with van der Waals surface area (Å²) in [4.78, 5) is 9.90. The Balaban J connectivity index is 1.58. The van der Waals surface area contributed by atoms with Crippen LogP contribution in [0.15, 0.2) is 83.9 Å². The second-order valence-corrected chi connectivity index (χ2v) is 7.31. The molecule has 0 fully saturated rings. The van der Waals surface area contributed by atoms with Gasteiger partial charge in [0.25, 0.3) is 0 Å². The summed E-state index contributed by atoms with van der Waals surface area (Å²) in [6.45, 7) is 2.10. The van der Waals surface area contributed by atoms with Crippen LogP contribution in [-0.2, 0) is 0 Å². The van der Waals surface area contributed by atoms with Crippen LogP contribution in [0.4, 0.5) is 11.4 Å². The molecule has 0 spiro atoms. The van der Waals surface area contributed by atoms with Gasteiger partial charge < -0.3 is 5.32 Å². The zero-order chi connectivity index (χ0) is 18.7. The van der Waals surface area contributed by atoms with E-state index in [4.69, 9.17) is 9.98 Å². The molecule has 3 nitrogen and oxygen atoms in total. The quantitative estimate of drug-likeness (QED) is 0.354. The molecule has 1 aliphatic heterocycles. The number of hydrogen-bond acceptors (Lipinski definition) is 3. The molecule has 0 unspecified atom stereocenters. The zero-order valence-corrected chi connectivity index (χ0v) is 15.4. The van der Waals surface area contributed by atoms with Crippen LogP contribution in [0.3, 0.4) is 0 Å². The number of fused-ring (bicyclic) bond motifs is 2. The van der Waals surface area contributed by atoms with E-state index in [9.17, 15) is 0 Å². The molecule has 0 radical (unpaired) electrons. The van der Waals surface area contributed by atoms with E-state index in [2.05, 4.69) is 91.1 Å². The number of aromatic nitrogens is 1. The highest BCUT2D eigenvalue weighted by Gasteiger charge is 2.18. The first-order valence-corrected chi connectivity index (χ1v) is 9.44. The van der Waals surface area contributed by atoms with Gasteiger partial charge in [-0.3, -0.25) is 0 Å². The molecule has 2 heterocycles. The van der Waals surface area contributed by atoms with Gasteiger partial charge in [0.05, 0.1) is 11.2 Å². The summed E-state index contributed by atoms with van der Waals surface area (Å²) in [5.41, 5.74) is 5.07. The maximum atomic E-state index is 4.99. The molecule has 132 valence electrons. The van der Waals surface area contributed by atoms with Crippen molar-refractivity contribution in [2.45, 2.75) is 6.92 Å². The van der Waals surface area contributed by atoms with Crippen molar-refractivity contribution in [1.82, 2.24) is 4.98 Å². The number of anilines is 1. The Kier molecular flexibility index (Phi) is 3.09. The van der Waals surface area contributed by atoms with Gasteiger partial charge in [-0.2, -0.15) is 0 Å². The lowest BCUT2D eigenvalue weighted by atomic mass is 10.0. The van der Waals surface area contributed by atoms with Crippen LogP contribution < -0.4 is 5.32 Å². The molecule has 5 aromatic rings. The Bertz CT molecular complexity index is 1440. The fourth-order valence-corrected chi connectivity index (χ4v) is 4.11. The number of nitrogens with one attached hydrogen (secondary N) is 1. The van der Waals surface area contributed by atoms with Crippen LogP contribution in [0.2, 0.25) is 0 Å². The second-order valence-electron chi connectivity index (χ2n) is 7.31. The van der Waals surface area contributed by atoms with Crippen LogP contribution >= 0.6 is 0 Å². The van der Waals surface area contributed by atoms with Crippen molar-refractivity contribution in [2.24, 2.45) is 4.99 Å². The van der Waals surface area contributed by atoms with Gasteiger partial charge in [-0.15, -0.1) is 0 Å². The summed E-state index contributed by atoms with van der Waals surface area (Å²) in [5.74, 6) is 0.804. The minimum atomic E-state index is 0.804. The molecule has 6 rings (SSSR count). The van der Waals surface area contributed by atoms with Crippen molar-refractivity contribution in [1.29, 1.82) is 0 Å². The smallest absolute Gasteiger partial charge is 0.157 e. The van der Waals surface area contributed by atoms with Crippen molar-refractivity contribution in [3.63, 3.8) is 0 Å². The standard InChI is InChI=1S/C25H17N3/c1-15-12-19-13-17-6-2-3-7-18(17)14-22(19)26-24(15)25-27-20-10-4-8-16-9-5-11-21(28-25)23(16)20/h2-14H,1H3,(H,27,28). The third-order valence-electron chi connectivity index (χ3n) is 5.47. The number of aryl methyl sites for hydroxylation is 1. The highest BCUT2D eigenvalue weighted by Crippen LogP contribution is 2.36. The van der Waals surface area contributed by atoms with Gasteiger partial charge in [-0.25, -0.2) is 9.98 Å². The van der Waals surface area contributed by atoms with E-state index >= 15 is 0 Å². The number of rotatable bonds is 1. The summed E-state index contributed by atoms with van der Waals surface area (Å²) < 4.78 is 0. The lowest BCUT2D eigenvalue weighted by Gasteiger charge is -2.20. The van der Waals surface area contributed by atoms with Gasteiger partial charge in [0.15, 0.2) is 5.84 Å². The fourth-order valence-electron chi connectivity index (χ4n) is 4.11. The lowest BCUT2D eigenvalue weighted by molar-refractivity contribution is 1.28. The van der Waals surface area contributed by atoms with Crippen LogP contribution in [0.1, 0.15) is 11.3 Å². The van der Waals surface area contributed by atoms with Gasteiger partial charge in [0.1, 0.15) is 5.69 Å². The Labute approximate surface area is 162 Å². The summed E-state index contributed by atoms with van der Waals surface area (Å²) in [5, 5.41) is 9.45. The number of amidine groups is 1. The van der Waals surface area contributed by atoms with Gasteiger partial charge in [-0.1, -0.05) is 48.5 Å². The Morgan fingerprint density at radius 3 is 2.32 bits per heavy atom. The third-order valence-corrected chi connectivity index (χ3v) is 5.47. The average Bonchev–Trinajstić information content (AvgIpc) is 2.72. The number of hydrogen-bond donors (Lipinski definition) is 1. The number of benzene rings is 4. The van der Waals surface area contributed by atoms with Crippen molar-refractivity contribution >= 4 is 49.7 Å². The predicted molar refractivity (Wildman–Crippen MR) is 118 cm³/mol. The van der Waals surface area contributed by atoms with Crippen LogP contribution in [0.5, 0.6) is 0 Å². The minimum absolute atomic E-state index is 0.804. The summed E-state index contributed by atoms with van der Waals surface area (Å²) in [6, 6.07) is 27.5. The molecule has 1 aliphatic rings. The maximum Gasteiger partial charge on any atom is 0.157 e. The SMILES string of the molecule is Cc1cc2cc3ccccc3cc2nc1C1=Nc2cccc3cccc(c23)N1. The van der Waals surface area contributed by atoms with E-state index in [1.54, 1.807) is 0 Å². The van der Waals surface area contributed by atoms with E-state index in [0.717, 1.165) is 44.8 Å². The summed E-state index contributed by atoms with van der Waals surface area (Å²) in [6.07, 6.45) is 0. The fraction of sp³-hybridized carbons (Fsp3) is 0.0400.